The summed E-state index contributed by atoms with van der Waals surface area (Å²) in [5, 5.41) is 6.71. The van der Waals surface area contributed by atoms with Crippen LogP contribution in [0.3, 0.4) is 0 Å². The summed E-state index contributed by atoms with van der Waals surface area (Å²) in [5.41, 5.74) is 0.398. The summed E-state index contributed by atoms with van der Waals surface area (Å²) < 4.78 is 5.77. The summed E-state index contributed by atoms with van der Waals surface area (Å²) in [5.74, 6) is 1.23. The number of hydrogen-bond acceptors (Lipinski definition) is 4. The molecule has 5 heteroatoms. The lowest BCUT2D eigenvalue weighted by atomic mass is 10.00. The summed E-state index contributed by atoms with van der Waals surface area (Å²) in [6.45, 7) is 0. The van der Waals surface area contributed by atoms with Crippen molar-refractivity contribution in [1.29, 1.82) is 0 Å². The number of ether oxygens (including phenoxy) is 1. The Balaban J connectivity index is 1.42. The van der Waals surface area contributed by atoms with Gasteiger partial charge >= 0.3 is 0 Å². The molecule has 2 N–H and O–H groups in total. The summed E-state index contributed by atoms with van der Waals surface area (Å²) in [7, 11) is 0. The molecule has 2 aliphatic rings. The van der Waals surface area contributed by atoms with Crippen molar-refractivity contribution in [3.05, 3.63) is 54.4 Å². The molecule has 1 aromatic heterocycles. The van der Waals surface area contributed by atoms with Gasteiger partial charge in [-0.25, -0.2) is 0 Å². The Morgan fingerprint density at radius 3 is 2.58 bits per heavy atom. The van der Waals surface area contributed by atoms with Crippen molar-refractivity contribution in [1.82, 2.24) is 15.6 Å². The molecule has 1 aromatic carbocycles. The Morgan fingerprint density at radius 1 is 1.08 bits per heavy atom. The highest BCUT2D eigenvalue weighted by atomic mass is 16.5. The van der Waals surface area contributed by atoms with Crippen LogP contribution in [-0.4, -0.2) is 29.0 Å². The van der Waals surface area contributed by atoms with Crippen molar-refractivity contribution in [3.63, 3.8) is 0 Å². The maximum Gasteiger partial charge on any atom is 0.270 e. The third kappa shape index (κ3) is 3.41. The van der Waals surface area contributed by atoms with E-state index in [-0.39, 0.29) is 11.9 Å². The van der Waals surface area contributed by atoms with E-state index < -0.39 is 0 Å². The minimum atomic E-state index is -0.125. The average Bonchev–Trinajstić information content (AvgIpc) is 2.94. The van der Waals surface area contributed by atoms with Gasteiger partial charge in [0.15, 0.2) is 0 Å². The number of nitrogens with zero attached hydrogens (tertiary/aromatic N) is 1. The molecular formula is C19H21N3O2. The lowest BCUT2D eigenvalue weighted by molar-refractivity contribution is 0.0918. The SMILES string of the molecule is O=C(NC1CC2CCC(C1)N2)c1cc(Oc2ccccc2)ccn1. The van der Waals surface area contributed by atoms with Crippen LogP contribution >= 0.6 is 0 Å². The third-order valence-corrected chi connectivity index (χ3v) is 4.75. The van der Waals surface area contributed by atoms with Crippen molar-refractivity contribution in [2.45, 2.75) is 43.8 Å². The molecule has 24 heavy (non-hydrogen) atoms. The number of carbonyl (C=O) groups is 1. The smallest absolute Gasteiger partial charge is 0.270 e. The molecule has 4 rings (SSSR count). The van der Waals surface area contributed by atoms with Gasteiger partial charge in [0, 0.05) is 30.4 Å². The highest BCUT2D eigenvalue weighted by molar-refractivity contribution is 5.92. The fraction of sp³-hybridized carbons (Fsp3) is 0.368. The summed E-state index contributed by atoms with van der Waals surface area (Å²) in [6.07, 6.45) is 6.05. The number of carbonyl (C=O) groups excluding carboxylic acids is 1. The first kappa shape index (κ1) is 15.1. The number of nitrogens with one attached hydrogen (secondary N) is 2. The number of aromatic nitrogens is 1. The van der Waals surface area contributed by atoms with Crippen molar-refractivity contribution in [2.75, 3.05) is 0 Å². The highest BCUT2D eigenvalue weighted by Crippen LogP contribution is 2.27. The number of piperidine rings is 1. The molecule has 0 radical (unpaired) electrons. The maximum absolute atomic E-state index is 12.5. The third-order valence-electron chi connectivity index (χ3n) is 4.75. The molecule has 124 valence electrons. The van der Waals surface area contributed by atoms with Gasteiger partial charge in [0.1, 0.15) is 17.2 Å². The van der Waals surface area contributed by atoms with Gasteiger partial charge in [0.05, 0.1) is 0 Å². The Labute approximate surface area is 141 Å². The summed E-state index contributed by atoms with van der Waals surface area (Å²) in [6, 6.07) is 14.3. The fourth-order valence-electron chi connectivity index (χ4n) is 3.66. The zero-order valence-corrected chi connectivity index (χ0v) is 13.4. The van der Waals surface area contributed by atoms with Gasteiger partial charge in [0.25, 0.3) is 5.91 Å². The first-order valence-corrected chi connectivity index (χ1v) is 8.52. The van der Waals surface area contributed by atoms with E-state index in [1.54, 1.807) is 18.3 Å². The van der Waals surface area contributed by atoms with Crippen LogP contribution in [0.25, 0.3) is 0 Å². The zero-order valence-electron chi connectivity index (χ0n) is 13.4. The number of para-hydroxylation sites is 1. The normalized spacial score (nSPS) is 25.2. The van der Waals surface area contributed by atoms with Gasteiger partial charge in [-0.05, 0) is 43.9 Å². The van der Waals surface area contributed by atoms with E-state index in [2.05, 4.69) is 15.6 Å². The van der Waals surface area contributed by atoms with Crippen molar-refractivity contribution >= 4 is 5.91 Å². The summed E-state index contributed by atoms with van der Waals surface area (Å²) in [4.78, 5) is 16.7. The zero-order chi connectivity index (χ0) is 16.4. The average molecular weight is 323 g/mol. The molecule has 1 amide bonds. The number of hydrogen-bond donors (Lipinski definition) is 2. The minimum Gasteiger partial charge on any atom is -0.457 e. The maximum atomic E-state index is 12.5. The van der Waals surface area contributed by atoms with Gasteiger partial charge < -0.3 is 15.4 Å². The van der Waals surface area contributed by atoms with E-state index >= 15 is 0 Å². The molecule has 0 saturated carbocycles. The Hall–Kier alpha value is -2.40. The van der Waals surface area contributed by atoms with E-state index in [1.165, 1.54) is 12.8 Å². The lowest BCUT2D eigenvalue weighted by Gasteiger charge is -2.29. The predicted molar refractivity (Wildman–Crippen MR) is 91.2 cm³/mol. The number of amides is 1. The molecule has 2 fully saturated rings. The quantitative estimate of drug-likeness (QED) is 0.908. The van der Waals surface area contributed by atoms with E-state index in [0.717, 1.165) is 18.6 Å². The van der Waals surface area contributed by atoms with Crippen LogP contribution in [-0.2, 0) is 0 Å². The topological polar surface area (TPSA) is 63.2 Å². The Morgan fingerprint density at radius 2 is 1.83 bits per heavy atom. The molecule has 2 aliphatic heterocycles. The first-order chi connectivity index (χ1) is 11.8. The molecule has 5 nitrogen and oxygen atoms in total. The van der Waals surface area contributed by atoms with Crippen molar-refractivity contribution in [3.8, 4) is 11.5 Å². The molecule has 0 aliphatic carbocycles. The molecule has 2 atom stereocenters. The second-order valence-corrected chi connectivity index (χ2v) is 6.57. The first-order valence-electron chi connectivity index (χ1n) is 8.52. The van der Waals surface area contributed by atoms with Crippen molar-refractivity contribution in [2.24, 2.45) is 0 Å². The number of benzene rings is 1. The van der Waals surface area contributed by atoms with Crippen LogP contribution in [0.4, 0.5) is 0 Å². The van der Waals surface area contributed by atoms with E-state index in [1.807, 2.05) is 30.3 Å². The molecule has 2 unspecified atom stereocenters. The highest BCUT2D eigenvalue weighted by Gasteiger charge is 2.34. The van der Waals surface area contributed by atoms with Gasteiger partial charge in [-0.3, -0.25) is 9.78 Å². The predicted octanol–water partition coefficient (Wildman–Crippen LogP) is 2.89. The fourth-order valence-corrected chi connectivity index (χ4v) is 3.66. The molecule has 0 spiro atoms. The van der Waals surface area contributed by atoms with Crippen LogP contribution in [0.2, 0.25) is 0 Å². The van der Waals surface area contributed by atoms with Gasteiger partial charge in [-0.1, -0.05) is 18.2 Å². The second kappa shape index (κ2) is 6.61. The van der Waals surface area contributed by atoms with Crippen molar-refractivity contribution < 1.29 is 9.53 Å². The number of pyridine rings is 1. The van der Waals surface area contributed by atoms with E-state index in [4.69, 9.17) is 4.74 Å². The van der Waals surface area contributed by atoms with Gasteiger partial charge in [0.2, 0.25) is 0 Å². The van der Waals surface area contributed by atoms with Crippen LogP contribution < -0.4 is 15.4 Å². The number of fused-ring (bicyclic) bond motifs is 2. The second-order valence-electron chi connectivity index (χ2n) is 6.57. The van der Waals surface area contributed by atoms with Crippen LogP contribution in [0.5, 0.6) is 11.5 Å². The standard InChI is InChI=1S/C19H21N3O2/c23-19(22-15-10-13-6-7-14(11-15)21-13)18-12-17(8-9-20-18)24-16-4-2-1-3-5-16/h1-5,8-9,12-15,21H,6-7,10-11H2,(H,22,23). The minimum absolute atomic E-state index is 0.125. The van der Waals surface area contributed by atoms with E-state index in [0.29, 0.717) is 23.5 Å². The number of rotatable bonds is 4. The Bertz CT molecular complexity index is 708. The van der Waals surface area contributed by atoms with Gasteiger partial charge in [-0.2, -0.15) is 0 Å². The summed E-state index contributed by atoms with van der Waals surface area (Å²) >= 11 is 0. The molecule has 2 bridgehead atoms. The van der Waals surface area contributed by atoms with Crippen LogP contribution in [0.15, 0.2) is 48.7 Å². The molecule has 2 saturated heterocycles. The molecule has 2 aromatic rings. The largest absolute Gasteiger partial charge is 0.457 e. The van der Waals surface area contributed by atoms with Crippen LogP contribution in [0.1, 0.15) is 36.2 Å². The molecule has 3 heterocycles. The van der Waals surface area contributed by atoms with E-state index in [9.17, 15) is 4.79 Å². The monoisotopic (exact) mass is 323 g/mol. The lowest BCUT2D eigenvalue weighted by Crippen LogP contribution is -2.48. The van der Waals surface area contributed by atoms with Gasteiger partial charge in [-0.15, -0.1) is 0 Å². The molecular weight excluding hydrogens is 302 g/mol. The Kier molecular flexibility index (Phi) is 4.17. The van der Waals surface area contributed by atoms with Crippen LogP contribution in [0, 0.1) is 0 Å².